The molecule has 18 heavy (non-hydrogen) atoms. The number of rotatable bonds is 2. The summed E-state index contributed by atoms with van der Waals surface area (Å²) in [5, 5.41) is 10.3. The quantitative estimate of drug-likeness (QED) is 0.540. The van der Waals surface area contributed by atoms with Crippen molar-refractivity contribution in [2.45, 2.75) is 26.4 Å². The fourth-order valence-electron chi connectivity index (χ4n) is 1.22. The van der Waals surface area contributed by atoms with Gasteiger partial charge in [-0.05, 0) is 61.6 Å². The Balaban J connectivity index is 2.91. The Kier molecular flexibility index (Phi) is 5.15. The van der Waals surface area contributed by atoms with Gasteiger partial charge in [0.1, 0.15) is 9.32 Å². The van der Waals surface area contributed by atoms with Gasteiger partial charge in [-0.15, -0.1) is 0 Å². The number of halogens is 2. The molecule has 1 aromatic carbocycles. The van der Waals surface area contributed by atoms with E-state index in [1.807, 2.05) is 22.6 Å². The van der Waals surface area contributed by atoms with Crippen molar-refractivity contribution in [2.75, 3.05) is 5.32 Å². The van der Waals surface area contributed by atoms with E-state index in [4.69, 9.17) is 10.1 Å². The summed E-state index contributed by atoms with van der Waals surface area (Å²) in [5.74, 6) is 0. The van der Waals surface area contributed by atoms with E-state index >= 15 is 0 Å². The highest BCUT2D eigenvalue weighted by Gasteiger charge is 2.17. The van der Waals surface area contributed by atoms with Crippen molar-refractivity contribution in [1.29, 1.82) is 5.41 Å². The summed E-state index contributed by atoms with van der Waals surface area (Å²) in [6, 6.07) is 5.31. The van der Waals surface area contributed by atoms with Crippen molar-refractivity contribution in [2.24, 2.45) is 0 Å². The maximum Gasteiger partial charge on any atom is 0.412 e. The van der Waals surface area contributed by atoms with Crippen LogP contribution in [0.25, 0.3) is 0 Å². The molecule has 98 valence electrons. The smallest absolute Gasteiger partial charge is 0.412 e. The summed E-state index contributed by atoms with van der Waals surface area (Å²) >= 11 is 5.23. The van der Waals surface area contributed by atoms with E-state index in [0.29, 0.717) is 15.0 Å². The van der Waals surface area contributed by atoms with Crippen LogP contribution in [0.15, 0.2) is 22.7 Å². The van der Waals surface area contributed by atoms with Crippen LogP contribution in [0.3, 0.4) is 0 Å². The number of nitrogens with one attached hydrogen (secondary N) is 2. The van der Waals surface area contributed by atoms with Crippen molar-refractivity contribution in [3.8, 4) is 0 Å². The number of ether oxygens (including phenoxy) is 1. The summed E-state index contributed by atoms with van der Waals surface area (Å²) in [4.78, 5) is 11.7. The topological polar surface area (TPSA) is 62.2 Å². The molecule has 6 heteroatoms. The minimum atomic E-state index is -0.544. The third-order valence-electron chi connectivity index (χ3n) is 1.85. The standard InChI is InChI=1S/C12H14BrIN2O2/c1-12(2,3)18-11(17)16-9-5-4-7(13)6-8(9)10(14)15/h4-6,15H,1-3H3,(H,16,17). The van der Waals surface area contributed by atoms with Gasteiger partial charge in [-0.2, -0.15) is 0 Å². The molecule has 0 spiro atoms. The highest BCUT2D eigenvalue weighted by Crippen LogP contribution is 2.24. The minimum Gasteiger partial charge on any atom is -0.444 e. The molecular formula is C12H14BrIN2O2. The molecule has 0 radical (unpaired) electrons. The van der Waals surface area contributed by atoms with Crippen LogP contribution < -0.4 is 5.32 Å². The van der Waals surface area contributed by atoms with Crippen LogP contribution in [0.4, 0.5) is 10.5 Å². The SMILES string of the molecule is CC(C)(C)OC(=O)Nc1ccc(Br)cc1C(=N)I. The Morgan fingerprint density at radius 3 is 2.56 bits per heavy atom. The molecule has 0 atom stereocenters. The maximum atomic E-state index is 11.7. The highest BCUT2D eigenvalue weighted by atomic mass is 127. The number of hydrogen-bond donors (Lipinski definition) is 2. The van der Waals surface area contributed by atoms with E-state index < -0.39 is 11.7 Å². The zero-order valence-corrected chi connectivity index (χ0v) is 14.0. The third-order valence-corrected chi connectivity index (χ3v) is 2.93. The predicted octanol–water partition coefficient (Wildman–Crippen LogP) is 4.56. The molecule has 4 nitrogen and oxygen atoms in total. The lowest BCUT2D eigenvalue weighted by atomic mass is 10.2. The van der Waals surface area contributed by atoms with E-state index in [0.717, 1.165) is 4.47 Å². The van der Waals surface area contributed by atoms with E-state index in [-0.39, 0.29) is 0 Å². The summed E-state index contributed by atoms with van der Waals surface area (Å²) < 4.78 is 6.37. The van der Waals surface area contributed by atoms with Gasteiger partial charge in [-0.25, -0.2) is 4.79 Å². The fourth-order valence-corrected chi connectivity index (χ4v) is 2.03. The first kappa shape index (κ1) is 15.4. The van der Waals surface area contributed by atoms with Crippen LogP contribution in [-0.2, 0) is 4.74 Å². The number of carbonyl (C=O) groups is 1. The van der Waals surface area contributed by atoms with Crippen LogP contribution in [-0.4, -0.2) is 15.4 Å². The van der Waals surface area contributed by atoms with Gasteiger partial charge in [-0.1, -0.05) is 15.9 Å². The van der Waals surface area contributed by atoms with Crippen molar-refractivity contribution in [1.82, 2.24) is 0 Å². The van der Waals surface area contributed by atoms with Crippen LogP contribution in [0.2, 0.25) is 0 Å². The number of benzene rings is 1. The lowest BCUT2D eigenvalue weighted by Crippen LogP contribution is -2.27. The molecule has 0 heterocycles. The average Bonchev–Trinajstić information content (AvgIpc) is 2.17. The molecule has 0 aliphatic carbocycles. The summed E-state index contributed by atoms with van der Waals surface area (Å²) in [7, 11) is 0. The van der Waals surface area contributed by atoms with E-state index in [2.05, 4.69) is 21.2 Å². The zero-order valence-electron chi connectivity index (χ0n) is 10.3. The van der Waals surface area contributed by atoms with Gasteiger partial charge < -0.3 is 4.74 Å². The second-order valence-corrected chi connectivity index (χ2v) is 6.63. The van der Waals surface area contributed by atoms with Gasteiger partial charge in [0.2, 0.25) is 0 Å². The van der Waals surface area contributed by atoms with E-state index in [1.165, 1.54) is 0 Å². The molecule has 0 aromatic heterocycles. The Labute approximate surface area is 128 Å². The molecule has 0 aliphatic heterocycles. The van der Waals surface area contributed by atoms with Crippen molar-refractivity contribution < 1.29 is 9.53 Å². The molecule has 0 saturated carbocycles. The van der Waals surface area contributed by atoms with Gasteiger partial charge in [0.25, 0.3) is 0 Å². The Bertz CT molecular complexity index is 483. The molecule has 2 N–H and O–H groups in total. The molecule has 1 aromatic rings. The van der Waals surface area contributed by atoms with Crippen LogP contribution in [0.1, 0.15) is 26.3 Å². The largest absolute Gasteiger partial charge is 0.444 e. The second-order valence-electron chi connectivity index (χ2n) is 4.63. The monoisotopic (exact) mass is 424 g/mol. The molecule has 0 saturated heterocycles. The normalized spacial score (nSPS) is 10.9. The molecule has 1 amide bonds. The first-order valence-corrected chi connectivity index (χ1v) is 7.10. The van der Waals surface area contributed by atoms with Crippen molar-refractivity contribution in [3.05, 3.63) is 28.2 Å². The van der Waals surface area contributed by atoms with Crippen LogP contribution >= 0.6 is 38.5 Å². The van der Waals surface area contributed by atoms with Crippen molar-refractivity contribution in [3.63, 3.8) is 0 Å². The molecular weight excluding hydrogens is 411 g/mol. The van der Waals surface area contributed by atoms with Gasteiger partial charge in [0.15, 0.2) is 0 Å². The van der Waals surface area contributed by atoms with Crippen LogP contribution in [0.5, 0.6) is 0 Å². The Hall–Kier alpha value is -0.630. The number of amides is 1. The van der Waals surface area contributed by atoms with Gasteiger partial charge in [0, 0.05) is 10.0 Å². The fraction of sp³-hybridized carbons (Fsp3) is 0.333. The predicted molar refractivity (Wildman–Crippen MR) is 84.8 cm³/mol. The average molecular weight is 425 g/mol. The number of anilines is 1. The molecule has 0 fully saturated rings. The summed E-state index contributed by atoms with van der Waals surface area (Å²) in [6.07, 6.45) is -0.524. The maximum absolute atomic E-state index is 11.7. The number of hydrogen-bond acceptors (Lipinski definition) is 3. The molecule has 0 unspecified atom stereocenters. The second kappa shape index (κ2) is 6.01. The third kappa shape index (κ3) is 4.93. The molecule has 1 rings (SSSR count). The summed E-state index contributed by atoms with van der Waals surface area (Å²) in [6.45, 7) is 5.40. The molecule has 0 bridgehead atoms. The number of carbonyl (C=O) groups excluding carboxylic acids is 1. The van der Waals surface area contributed by atoms with Gasteiger partial charge >= 0.3 is 6.09 Å². The first-order chi connectivity index (χ1) is 8.19. The van der Waals surface area contributed by atoms with Gasteiger partial charge in [-0.3, -0.25) is 10.7 Å². The van der Waals surface area contributed by atoms with Gasteiger partial charge in [0.05, 0.1) is 5.69 Å². The lowest BCUT2D eigenvalue weighted by Gasteiger charge is -2.20. The molecule has 0 aliphatic rings. The zero-order chi connectivity index (χ0) is 13.9. The van der Waals surface area contributed by atoms with E-state index in [9.17, 15) is 4.79 Å². The Morgan fingerprint density at radius 1 is 1.44 bits per heavy atom. The van der Waals surface area contributed by atoms with E-state index in [1.54, 1.807) is 39.0 Å². The minimum absolute atomic E-state index is 0.347. The lowest BCUT2D eigenvalue weighted by molar-refractivity contribution is 0.0636. The first-order valence-electron chi connectivity index (χ1n) is 5.23. The van der Waals surface area contributed by atoms with Crippen molar-refractivity contribution >= 4 is 54.0 Å². The van der Waals surface area contributed by atoms with Crippen LogP contribution in [0, 0.1) is 5.41 Å². The highest BCUT2D eigenvalue weighted by molar-refractivity contribution is 14.1. The summed E-state index contributed by atoms with van der Waals surface area (Å²) in [5.41, 5.74) is 0.667. The Morgan fingerprint density at radius 2 is 2.06 bits per heavy atom.